The van der Waals surface area contributed by atoms with Gasteiger partial charge < -0.3 is 20.5 Å². The third-order valence-corrected chi connectivity index (χ3v) is 5.47. The van der Waals surface area contributed by atoms with E-state index in [1.807, 2.05) is 0 Å². The Morgan fingerprint density at radius 1 is 1.11 bits per heavy atom. The van der Waals surface area contributed by atoms with Crippen molar-refractivity contribution >= 4 is 21.6 Å². The number of aromatic nitrogens is 1. The summed E-state index contributed by atoms with van der Waals surface area (Å²) >= 11 is 1.00. The number of aliphatic hydroxyl groups excluding tert-OH is 1. The van der Waals surface area contributed by atoms with Crippen LogP contribution in [0.15, 0.2) is 41.2 Å². The molecule has 4 N–H and O–H groups in total. The van der Waals surface area contributed by atoms with Gasteiger partial charge in [-0.2, -0.15) is 0 Å². The fourth-order valence-corrected chi connectivity index (χ4v) is 4.11. The number of phenolic OH excluding ortho intramolecular Hbond substituents is 1. The summed E-state index contributed by atoms with van der Waals surface area (Å²) in [5, 5.41) is 23.6. The van der Waals surface area contributed by atoms with E-state index in [2.05, 4.69) is 48.4 Å². The summed E-state index contributed by atoms with van der Waals surface area (Å²) in [5.74, 6) is 0.678. The molecule has 0 aliphatic carbocycles. The van der Waals surface area contributed by atoms with Gasteiger partial charge in [-0.25, -0.2) is 0 Å². The van der Waals surface area contributed by atoms with Gasteiger partial charge in [0.15, 0.2) is 0 Å². The zero-order valence-electron chi connectivity index (χ0n) is 15.7. The Morgan fingerprint density at radius 2 is 1.81 bits per heavy atom. The van der Waals surface area contributed by atoms with E-state index in [1.165, 1.54) is 17.2 Å². The first-order valence-electron chi connectivity index (χ1n) is 9.25. The van der Waals surface area contributed by atoms with Crippen molar-refractivity contribution in [1.29, 1.82) is 0 Å². The van der Waals surface area contributed by atoms with Crippen molar-refractivity contribution in [3.63, 3.8) is 0 Å². The van der Waals surface area contributed by atoms with E-state index < -0.39 is 6.10 Å². The molecule has 0 amide bonds. The number of benzene rings is 2. The fraction of sp³-hybridized carbons (Fsp3) is 0.381. The number of phenols is 1. The van der Waals surface area contributed by atoms with Crippen LogP contribution in [0.1, 0.15) is 36.6 Å². The Bertz CT molecular complexity index is 944. The zero-order chi connectivity index (χ0) is 19.4. The van der Waals surface area contributed by atoms with E-state index in [1.54, 1.807) is 6.07 Å². The topological polar surface area (TPSA) is 85.3 Å². The largest absolute Gasteiger partial charge is 0.506 e. The zero-order valence-corrected chi connectivity index (χ0v) is 16.5. The Balaban J connectivity index is 1.53. The molecular formula is C21H26N2O3S. The van der Waals surface area contributed by atoms with Crippen molar-refractivity contribution < 1.29 is 10.2 Å². The molecule has 0 fully saturated rings. The molecule has 3 rings (SSSR count). The van der Waals surface area contributed by atoms with Crippen molar-refractivity contribution in [3.05, 3.63) is 62.8 Å². The number of rotatable bonds is 8. The molecule has 144 valence electrons. The smallest absolute Gasteiger partial charge is 0.305 e. The van der Waals surface area contributed by atoms with Crippen LogP contribution in [0, 0.1) is 5.92 Å². The van der Waals surface area contributed by atoms with Gasteiger partial charge in [-0.1, -0.05) is 55.5 Å². The van der Waals surface area contributed by atoms with Gasteiger partial charge in [0.2, 0.25) is 0 Å². The molecular weight excluding hydrogens is 360 g/mol. The van der Waals surface area contributed by atoms with Crippen molar-refractivity contribution in [3.8, 4) is 5.75 Å². The maximum absolute atomic E-state index is 11.6. The minimum absolute atomic E-state index is 0.0215. The van der Waals surface area contributed by atoms with Crippen LogP contribution in [0.25, 0.3) is 10.2 Å². The lowest BCUT2D eigenvalue weighted by Crippen LogP contribution is -2.23. The highest BCUT2D eigenvalue weighted by Crippen LogP contribution is 2.31. The summed E-state index contributed by atoms with van der Waals surface area (Å²) in [6.45, 7) is 5.58. The third kappa shape index (κ3) is 4.97. The maximum atomic E-state index is 11.6. The molecule has 0 aliphatic heterocycles. The van der Waals surface area contributed by atoms with E-state index in [0.717, 1.165) is 30.7 Å². The number of fused-ring (bicyclic) bond motifs is 1. The number of aliphatic hydroxyl groups is 1. The highest BCUT2D eigenvalue weighted by Gasteiger charge is 2.15. The second-order valence-electron chi connectivity index (χ2n) is 7.28. The highest BCUT2D eigenvalue weighted by molar-refractivity contribution is 7.16. The number of nitrogens with one attached hydrogen (secondary N) is 2. The SMILES string of the molecule is CC(C)Cc1ccc(CCNC[C@H](O)c2ccc(O)c3[nH]c(=O)sc23)cc1. The molecule has 0 aliphatic rings. The van der Waals surface area contributed by atoms with Crippen LogP contribution in [-0.2, 0) is 12.8 Å². The van der Waals surface area contributed by atoms with Crippen LogP contribution < -0.4 is 10.2 Å². The molecule has 27 heavy (non-hydrogen) atoms. The van der Waals surface area contributed by atoms with Gasteiger partial charge >= 0.3 is 4.87 Å². The monoisotopic (exact) mass is 386 g/mol. The number of aromatic hydroxyl groups is 1. The Hall–Kier alpha value is -2.15. The van der Waals surface area contributed by atoms with E-state index in [9.17, 15) is 15.0 Å². The van der Waals surface area contributed by atoms with Crippen LogP contribution in [0.4, 0.5) is 0 Å². The Morgan fingerprint density at radius 3 is 2.52 bits per heavy atom. The lowest BCUT2D eigenvalue weighted by atomic mass is 10.0. The van der Waals surface area contributed by atoms with Crippen molar-refractivity contribution in [2.24, 2.45) is 5.92 Å². The molecule has 1 heterocycles. The Labute approximate surface area is 162 Å². The molecule has 5 nitrogen and oxygen atoms in total. The second kappa shape index (κ2) is 8.69. The summed E-state index contributed by atoms with van der Waals surface area (Å²) in [6.07, 6.45) is 1.24. The molecule has 0 saturated heterocycles. The predicted molar refractivity (Wildman–Crippen MR) is 111 cm³/mol. The summed E-state index contributed by atoms with van der Waals surface area (Å²) < 4.78 is 0.607. The molecule has 1 aromatic heterocycles. The van der Waals surface area contributed by atoms with Gasteiger partial charge in [-0.3, -0.25) is 4.79 Å². The molecule has 0 spiro atoms. The number of hydrogen-bond donors (Lipinski definition) is 4. The van der Waals surface area contributed by atoms with Gasteiger partial charge in [0, 0.05) is 12.1 Å². The number of aromatic amines is 1. The molecule has 6 heteroatoms. The van der Waals surface area contributed by atoms with Gasteiger partial charge in [-0.05, 0) is 42.5 Å². The van der Waals surface area contributed by atoms with Crippen LogP contribution in [-0.4, -0.2) is 28.3 Å². The first-order valence-corrected chi connectivity index (χ1v) is 10.1. The van der Waals surface area contributed by atoms with Crippen LogP contribution in [0.2, 0.25) is 0 Å². The Kier molecular flexibility index (Phi) is 6.31. The molecule has 0 bridgehead atoms. The molecule has 0 unspecified atom stereocenters. The standard InChI is InChI=1S/C21H26N2O3S/c1-13(2)11-15-5-3-14(4-6-15)9-10-22-12-18(25)16-7-8-17(24)19-20(16)27-21(26)23-19/h3-8,13,18,22,24-25H,9-12H2,1-2H3,(H,23,26)/t18-/m0/s1. The number of hydrogen-bond acceptors (Lipinski definition) is 5. The lowest BCUT2D eigenvalue weighted by molar-refractivity contribution is 0.176. The molecule has 0 saturated carbocycles. The molecule has 0 radical (unpaired) electrons. The normalized spacial score (nSPS) is 12.7. The average molecular weight is 387 g/mol. The first kappa shape index (κ1) is 19.6. The third-order valence-electron chi connectivity index (χ3n) is 4.54. The average Bonchev–Trinajstić information content (AvgIpc) is 3.02. The van der Waals surface area contributed by atoms with Crippen molar-refractivity contribution in [1.82, 2.24) is 10.3 Å². The van der Waals surface area contributed by atoms with Crippen LogP contribution >= 0.6 is 11.3 Å². The van der Waals surface area contributed by atoms with Gasteiger partial charge in [-0.15, -0.1) is 0 Å². The van der Waals surface area contributed by atoms with Crippen LogP contribution in [0.3, 0.4) is 0 Å². The van der Waals surface area contributed by atoms with Crippen molar-refractivity contribution in [2.45, 2.75) is 32.8 Å². The van der Waals surface area contributed by atoms with E-state index in [-0.39, 0.29) is 10.6 Å². The summed E-state index contributed by atoms with van der Waals surface area (Å²) in [5.41, 5.74) is 3.67. The molecule has 1 atom stereocenters. The summed E-state index contributed by atoms with van der Waals surface area (Å²) in [7, 11) is 0. The molecule has 2 aromatic carbocycles. The minimum Gasteiger partial charge on any atom is -0.506 e. The first-order chi connectivity index (χ1) is 12.9. The number of thiazole rings is 1. The van der Waals surface area contributed by atoms with Crippen molar-refractivity contribution in [2.75, 3.05) is 13.1 Å². The predicted octanol–water partition coefficient (Wildman–Crippen LogP) is 3.36. The highest BCUT2D eigenvalue weighted by atomic mass is 32.1. The van der Waals surface area contributed by atoms with Gasteiger partial charge in [0.05, 0.1) is 10.8 Å². The second-order valence-corrected chi connectivity index (χ2v) is 8.26. The molecule has 3 aromatic rings. The fourth-order valence-electron chi connectivity index (χ4n) is 3.20. The van der Waals surface area contributed by atoms with Gasteiger partial charge in [0.1, 0.15) is 11.3 Å². The number of H-pyrrole nitrogens is 1. The van der Waals surface area contributed by atoms with E-state index >= 15 is 0 Å². The van der Waals surface area contributed by atoms with Crippen LogP contribution in [0.5, 0.6) is 5.75 Å². The summed E-state index contributed by atoms with van der Waals surface area (Å²) in [4.78, 5) is 13.9. The van der Waals surface area contributed by atoms with Gasteiger partial charge in [0.25, 0.3) is 0 Å². The lowest BCUT2D eigenvalue weighted by Gasteiger charge is -2.13. The van der Waals surface area contributed by atoms with E-state index in [4.69, 9.17) is 0 Å². The van der Waals surface area contributed by atoms with E-state index in [0.29, 0.717) is 28.2 Å². The summed E-state index contributed by atoms with van der Waals surface area (Å²) in [6, 6.07) is 11.9. The maximum Gasteiger partial charge on any atom is 0.305 e. The minimum atomic E-state index is -0.743. The quantitative estimate of drug-likeness (QED) is 0.447.